The summed E-state index contributed by atoms with van der Waals surface area (Å²) in [5.74, 6) is 1.21. The Labute approximate surface area is 185 Å². The van der Waals surface area contributed by atoms with Gasteiger partial charge < -0.3 is 14.8 Å². The maximum Gasteiger partial charge on any atom is 0.232 e. The molecule has 2 rings (SSSR count). The second-order valence-corrected chi connectivity index (χ2v) is 9.40. The summed E-state index contributed by atoms with van der Waals surface area (Å²) in [6.07, 6.45) is 2.53. The summed E-state index contributed by atoms with van der Waals surface area (Å²) < 4.78 is 36.3. The molecular weight excluding hydrogens is 416 g/mol. The van der Waals surface area contributed by atoms with Crippen LogP contribution in [0.2, 0.25) is 0 Å². The molecule has 2 aromatic rings. The van der Waals surface area contributed by atoms with Crippen LogP contribution in [0.3, 0.4) is 0 Å². The molecule has 0 aliphatic heterocycles. The lowest BCUT2D eigenvalue weighted by Gasteiger charge is -2.23. The van der Waals surface area contributed by atoms with Gasteiger partial charge in [0.15, 0.2) is 11.5 Å². The number of rotatable bonds is 11. The summed E-state index contributed by atoms with van der Waals surface area (Å²) in [7, 11) is -0.261. The van der Waals surface area contributed by atoms with Gasteiger partial charge in [0.05, 0.1) is 26.2 Å². The number of nitrogens with zero attached hydrogens (tertiary/aromatic N) is 1. The van der Waals surface area contributed by atoms with Crippen LogP contribution in [0, 0.1) is 13.8 Å². The number of benzene rings is 2. The summed E-state index contributed by atoms with van der Waals surface area (Å²) in [4.78, 5) is 12.2. The molecule has 0 atom stereocenters. The van der Waals surface area contributed by atoms with Gasteiger partial charge in [-0.05, 0) is 67.6 Å². The molecule has 0 fully saturated rings. The Morgan fingerprint density at radius 2 is 1.71 bits per heavy atom. The number of hydrogen-bond acceptors (Lipinski definition) is 5. The number of sulfonamides is 1. The van der Waals surface area contributed by atoms with E-state index in [1.54, 1.807) is 20.3 Å². The third kappa shape index (κ3) is 7.17. The molecule has 0 saturated heterocycles. The van der Waals surface area contributed by atoms with Gasteiger partial charge in [-0.3, -0.25) is 9.10 Å². The van der Waals surface area contributed by atoms with Crippen LogP contribution in [0.1, 0.15) is 29.5 Å². The highest BCUT2D eigenvalue weighted by Gasteiger charge is 2.18. The average molecular weight is 449 g/mol. The first-order chi connectivity index (χ1) is 14.7. The minimum atomic E-state index is -3.43. The molecule has 7 nitrogen and oxygen atoms in total. The van der Waals surface area contributed by atoms with Gasteiger partial charge in [-0.25, -0.2) is 8.42 Å². The summed E-state index contributed by atoms with van der Waals surface area (Å²) >= 11 is 0. The third-order valence-electron chi connectivity index (χ3n) is 5.13. The number of carbonyl (C=O) groups excluding carboxylic acids is 1. The zero-order valence-electron chi connectivity index (χ0n) is 18.9. The highest BCUT2D eigenvalue weighted by Crippen LogP contribution is 2.27. The van der Waals surface area contributed by atoms with Crippen LogP contribution in [0.25, 0.3) is 0 Å². The van der Waals surface area contributed by atoms with Crippen molar-refractivity contribution in [3.8, 4) is 11.5 Å². The van der Waals surface area contributed by atoms with Gasteiger partial charge in [0.1, 0.15) is 0 Å². The van der Waals surface area contributed by atoms with E-state index in [9.17, 15) is 13.2 Å². The predicted octanol–water partition coefficient (Wildman–Crippen LogP) is 3.23. The van der Waals surface area contributed by atoms with Crippen LogP contribution < -0.4 is 19.1 Å². The zero-order chi connectivity index (χ0) is 23.0. The van der Waals surface area contributed by atoms with Crippen LogP contribution in [0.15, 0.2) is 36.4 Å². The number of nitrogens with one attached hydrogen (secondary N) is 1. The molecule has 0 heterocycles. The first kappa shape index (κ1) is 24.5. The molecule has 0 saturated carbocycles. The standard InChI is InChI=1S/C23H32N2O5S/c1-17-8-10-20(15-18(17)2)25(31(5,27)28)14-6-7-23(26)24-13-12-19-9-11-21(29-3)22(16-19)30-4/h8-11,15-16H,6-7,12-14H2,1-5H3,(H,24,26). The molecule has 1 amide bonds. The van der Waals surface area contributed by atoms with E-state index in [0.29, 0.717) is 36.6 Å². The fourth-order valence-corrected chi connectivity index (χ4v) is 4.18. The molecule has 2 aromatic carbocycles. The van der Waals surface area contributed by atoms with Crippen molar-refractivity contribution in [2.24, 2.45) is 0 Å². The van der Waals surface area contributed by atoms with Crippen LogP contribution in [0.5, 0.6) is 11.5 Å². The second kappa shape index (κ2) is 11.0. The van der Waals surface area contributed by atoms with E-state index >= 15 is 0 Å². The molecule has 0 unspecified atom stereocenters. The fraction of sp³-hybridized carbons (Fsp3) is 0.435. The maximum absolute atomic E-state index is 12.2. The topological polar surface area (TPSA) is 84.9 Å². The van der Waals surface area contributed by atoms with Crippen LogP contribution >= 0.6 is 0 Å². The number of methoxy groups -OCH3 is 2. The largest absolute Gasteiger partial charge is 0.493 e. The third-order valence-corrected chi connectivity index (χ3v) is 6.32. The van der Waals surface area contributed by atoms with Gasteiger partial charge in [-0.1, -0.05) is 12.1 Å². The quantitative estimate of drug-likeness (QED) is 0.571. The van der Waals surface area contributed by atoms with E-state index in [0.717, 1.165) is 16.7 Å². The Bertz CT molecular complexity index is 1010. The Kier molecular flexibility index (Phi) is 8.74. The Morgan fingerprint density at radius 3 is 2.32 bits per heavy atom. The van der Waals surface area contributed by atoms with E-state index in [-0.39, 0.29) is 18.9 Å². The van der Waals surface area contributed by atoms with Gasteiger partial charge in [0.2, 0.25) is 15.9 Å². The smallest absolute Gasteiger partial charge is 0.232 e. The highest BCUT2D eigenvalue weighted by atomic mass is 32.2. The monoisotopic (exact) mass is 448 g/mol. The lowest BCUT2D eigenvalue weighted by molar-refractivity contribution is -0.121. The maximum atomic E-state index is 12.2. The zero-order valence-corrected chi connectivity index (χ0v) is 19.7. The molecule has 0 spiro atoms. The SMILES string of the molecule is COc1ccc(CCNC(=O)CCCN(c2ccc(C)c(C)c2)S(C)(=O)=O)cc1OC. The molecule has 1 N–H and O–H groups in total. The van der Waals surface area contributed by atoms with Crippen molar-refractivity contribution >= 4 is 21.6 Å². The van der Waals surface area contributed by atoms with E-state index in [1.807, 2.05) is 44.2 Å². The minimum absolute atomic E-state index is 0.103. The first-order valence-corrected chi connectivity index (χ1v) is 12.0. The van der Waals surface area contributed by atoms with Gasteiger partial charge in [0.25, 0.3) is 0 Å². The molecule has 0 aromatic heterocycles. The molecule has 8 heteroatoms. The van der Waals surface area contributed by atoms with E-state index in [1.165, 1.54) is 10.6 Å². The number of ether oxygens (including phenoxy) is 2. The van der Waals surface area contributed by atoms with Crippen molar-refractivity contribution < 1.29 is 22.7 Å². The number of aryl methyl sites for hydroxylation is 2. The molecule has 0 bridgehead atoms. The summed E-state index contributed by atoms with van der Waals surface area (Å²) in [6, 6.07) is 11.2. The fourth-order valence-electron chi connectivity index (χ4n) is 3.22. The summed E-state index contributed by atoms with van der Waals surface area (Å²) in [5.41, 5.74) is 3.78. The van der Waals surface area contributed by atoms with Gasteiger partial charge in [-0.15, -0.1) is 0 Å². The molecule has 0 aliphatic rings. The van der Waals surface area contributed by atoms with Gasteiger partial charge in [0, 0.05) is 19.5 Å². The average Bonchev–Trinajstić information content (AvgIpc) is 2.72. The number of carbonyl (C=O) groups is 1. The van der Waals surface area contributed by atoms with Crippen LogP contribution in [-0.2, 0) is 21.2 Å². The Balaban J connectivity index is 1.85. The molecule has 170 valence electrons. The molecule has 0 radical (unpaired) electrons. The summed E-state index contributed by atoms with van der Waals surface area (Å²) in [6.45, 7) is 4.67. The lowest BCUT2D eigenvalue weighted by atomic mass is 10.1. The van der Waals surface area contributed by atoms with Crippen molar-refractivity contribution in [2.75, 3.05) is 37.9 Å². The highest BCUT2D eigenvalue weighted by molar-refractivity contribution is 7.92. The van der Waals surface area contributed by atoms with Crippen LogP contribution in [0.4, 0.5) is 5.69 Å². The molecule has 31 heavy (non-hydrogen) atoms. The Hall–Kier alpha value is -2.74. The molecule has 0 aliphatic carbocycles. The van der Waals surface area contributed by atoms with Crippen molar-refractivity contribution in [2.45, 2.75) is 33.1 Å². The number of anilines is 1. The predicted molar refractivity (Wildman–Crippen MR) is 124 cm³/mol. The van der Waals surface area contributed by atoms with E-state index in [4.69, 9.17) is 9.47 Å². The van der Waals surface area contributed by atoms with Crippen LogP contribution in [-0.4, -0.2) is 47.9 Å². The van der Waals surface area contributed by atoms with Gasteiger partial charge in [-0.2, -0.15) is 0 Å². The summed E-state index contributed by atoms with van der Waals surface area (Å²) in [5, 5.41) is 2.89. The van der Waals surface area contributed by atoms with Crippen molar-refractivity contribution in [1.82, 2.24) is 5.32 Å². The lowest BCUT2D eigenvalue weighted by Crippen LogP contribution is -2.32. The minimum Gasteiger partial charge on any atom is -0.493 e. The molecular formula is C23H32N2O5S. The normalized spacial score (nSPS) is 11.1. The van der Waals surface area contributed by atoms with E-state index < -0.39 is 10.0 Å². The Morgan fingerprint density at radius 1 is 1.00 bits per heavy atom. The first-order valence-electron chi connectivity index (χ1n) is 10.2. The van der Waals surface area contributed by atoms with Gasteiger partial charge >= 0.3 is 0 Å². The number of hydrogen-bond donors (Lipinski definition) is 1. The second-order valence-electron chi connectivity index (χ2n) is 7.50. The van der Waals surface area contributed by atoms with Crippen molar-refractivity contribution in [1.29, 1.82) is 0 Å². The van der Waals surface area contributed by atoms with Crippen molar-refractivity contribution in [3.63, 3.8) is 0 Å². The van der Waals surface area contributed by atoms with Crippen molar-refractivity contribution in [3.05, 3.63) is 53.1 Å². The van der Waals surface area contributed by atoms with E-state index in [2.05, 4.69) is 5.32 Å². The number of amides is 1.